The molecule has 0 radical (unpaired) electrons. The molecule has 1 aromatic carbocycles. The Morgan fingerprint density at radius 1 is 1.53 bits per heavy atom. The molecule has 5 nitrogen and oxygen atoms in total. The second kappa shape index (κ2) is 7.33. The van der Waals surface area contributed by atoms with Gasteiger partial charge in [0.1, 0.15) is 0 Å². The Balaban J connectivity index is 2.80. The van der Waals surface area contributed by atoms with Crippen molar-refractivity contribution in [1.82, 2.24) is 0 Å². The Morgan fingerprint density at radius 2 is 2.21 bits per heavy atom. The molecular formula is C13H20ClN3O2. The lowest BCUT2D eigenvalue weighted by Gasteiger charge is -2.19. The topological polar surface area (TPSA) is 67.6 Å². The molecule has 6 heteroatoms. The van der Waals surface area contributed by atoms with Gasteiger partial charge in [-0.05, 0) is 18.2 Å². The van der Waals surface area contributed by atoms with E-state index in [0.717, 1.165) is 5.69 Å². The largest absolute Gasteiger partial charge is 0.380 e. The molecule has 0 aliphatic heterocycles. The zero-order valence-corrected chi connectivity index (χ0v) is 12.2. The molecule has 1 atom stereocenters. The van der Waals surface area contributed by atoms with Crippen LogP contribution in [-0.4, -0.2) is 39.8 Å². The van der Waals surface area contributed by atoms with Gasteiger partial charge in [-0.3, -0.25) is 4.79 Å². The number of rotatable bonds is 6. The quantitative estimate of drug-likeness (QED) is 0.835. The monoisotopic (exact) mass is 285 g/mol. The first-order valence-corrected chi connectivity index (χ1v) is 6.35. The molecule has 1 amide bonds. The van der Waals surface area contributed by atoms with Crippen molar-refractivity contribution >= 4 is 28.9 Å². The molecule has 0 aliphatic rings. The van der Waals surface area contributed by atoms with Crippen LogP contribution in [0.2, 0.25) is 5.02 Å². The van der Waals surface area contributed by atoms with Gasteiger partial charge in [-0.1, -0.05) is 11.6 Å². The number of carbonyl (C=O) groups is 1. The molecule has 0 bridgehead atoms. The van der Waals surface area contributed by atoms with Gasteiger partial charge in [-0.15, -0.1) is 0 Å². The number of methoxy groups -OCH3 is 1. The summed E-state index contributed by atoms with van der Waals surface area (Å²) in [4.78, 5) is 13.8. The fraction of sp³-hybridized carbons (Fsp3) is 0.462. The fourth-order valence-corrected chi connectivity index (χ4v) is 1.84. The van der Waals surface area contributed by atoms with Gasteiger partial charge >= 0.3 is 0 Å². The van der Waals surface area contributed by atoms with Crippen molar-refractivity contribution in [2.45, 2.75) is 12.5 Å². The molecule has 0 aromatic heterocycles. The lowest BCUT2D eigenvalue weighted by atomic mass is 10.2. The van der Waals surface area contributed by atoms with E-state index in [1.807, 2.05) is 25.1 Å². The molecule has 0 fully saturated rings. The normalized spacial score (nSPS) is 12.1. The van der Waals surface area contributed by atoms with Crippen molar-refractivity contribution in [2.75, 3.05) is 38.0 Å². The van der Waals surface area contributed by atoms with Gasteiger partial charge < -0.3 is 20.7 Å². The lowest BCUT2D eigenvalue weighted by molar-refractivity contribution is -0.118. The maximum atomic E-state index is 11.9. The standard InChI is InChI=1S/C13H20ClN3O2/c1-17(2)12-5-4-9(14)6-11(12)16-13(18)7-10(8-15)19-3/h4-6,10H,7-8,15H2,1-3H3,(H,16,18). The third kappa shape index (κ3) is 4.70. The zero-order chi connectivity index (χ0) is 14.4. The van der Waals surface area contributed by atoms with Gasteiger partial charge in [0.25, 0.3) is 0 Å². The molecule has 0 saturated heterocycles. The summed E-state index contributed by atoms with van der Waals surface area (Å²) in [5.74, 6) is -0.150. The lowest BCUT2D eigenvalue weighted by Crippen LogP contribution is -2.28. The third-order valence-corrected chi connectivity index (χ3v) is 2.96. The Kier molecular flexibility index (Phi) is 6.08. The zero-order valence-electron chi connectivity index (χ0n) is 11.4. The van der Waals surface area contributed by atoms with Crippen LogP contribution in [0.4, 0.5) is 11.4 Å². The number of carbonyl (C=O) groups excluding carboxylic acids is 1. The first-order chi connectivity index (χ1) is 8.97. The van der Waals surface area contributed by atoms with Gasteiger partial charge in [-0.25, -0.2) is 0 Å². The molecule has 0 aliphatic carbocycles. The Hall–Kier alpha value is -1.30. The van der Waals surface area contributed by atoms with Crippen LogP contribution in [0.3, 0.4) is 0 Å². The second-order valence-corrected chi connectivity index (χ2v) is 4.84. The molecule has 1 aromatic rings. The van der Waals surface area contributed by atoms with Gasteiger partial charge in [0.05, 0.1) is 23.9 Å². The summed E-state index contributed by atoms with van der Waals surface area (Å²) in [6.07, 6.45) is -0.0613. The molecule has 1 unspecified atom stereocenters. The summed E-state index contributed by atoms with van der Waals surface area (Å²) >= 11 is 5.95. The van der Waals surface area contributed by atoms with E-state index in [-0.39, 0.29) is 18.4 Å². The average molecular weight is 286 g/mol. The molecule has 19 heavy (non-hydrogen) atoms. The smallest absolute Gasteiger partial charge is 0.227 e. The predicted molar refractivity (Wildman–Crippen MR) is 78.9 cm³/mol. The highest BCUT2D eigenvalue weighted by atomic mass is 35.5. The number of hydrogen-bond acceptors (Lipinski definition) is 4. The highest BCUT2D eigenvalue weighted by Gasteiger charge is 2.14. The van der Waals surface area contributed by atoms with Crippen molar-refractivity contribution in [2.24, 2.45) is 5.73 Å². The van der Waals surface area contributed by atoms with Crippen LogP contribution in [-0.2, 0) is 9.53 Å². The number of nitrogens with two attached hydrogens (primary N) is 1. The minimum atomic E-state index is -0.276. The summed E-state index contributed by atoms with van der Waals surface area (Å²) in [6.45, 7) is 0.306. The van der Waals surface area contributed by atoms with Gasteiger partial charge in [0, 0.05) is 32.8 Å². The highest BCUT2D eigenvalue weighted by Crippen LogP contribution is 2.27. The number of hydrogen-bond donors (Lipinski definition) is 2. The van der Waals surface area contributed by atoms with E-state index in [0.29, 0.717) is 17.3 Å². The summed E-state index contributed by atoms with van der Waals surface area (Å²) in [5, 5.41) is 3.40. The van der Waals surface area contributed by atoms with Crippen molar-refractivity contribution < 1.29 is 9.53 Å². The second-order valence-electron chi connectivity index (χ2n) is 4.40. The maximum Gasteiger partial charge on any atom is 0.227 e. The van der Waals surface area contributed by atoms with Gasteiger partial charge in [-0.2, -0.15) is 0 Å². The van der Waals surface area contributed by atoms with E-state index in [1.165, 1.54) is 7.11 Å². The summed E-state index contributed by atoms with van der Waals surface area (Å²) < 4.78 is 5.09. The van der Waals surface area contributed by atoms with Crippen LogP contribution in [0, 0.1) is 0 Å². The highest BCUT2D eigenvalue weighted by molar-refractivity contribution is 6.31. The van der Waals surface area contributed by atoms with Crippen molar-refractivity contribution in [1.29, 1.82) is 0 Å². The van der Waals surface area contributed by atoms with Gasteiger partial charge in [0.15, 0.2) is 0 Å². The fourth-order valence-electron chi connectivity index (χ4n) is 1.67. The molecule has 3 N–H and O–H groups in total. The van der Waals surface area contributed by atoms with Crippen molar-refractivity contribution in [3.8, 4) is 0 Å². The molecule has 0 spiro atoms. The number of amides is 1. The minimum absolute atomic E-state index is 0.150. The van der Waals surface area contributed by atoms with E-state index in [9.17, 15) is 4.79 Å². The Morgan fingerprint density at radius 3 is 2.74 bits per heavy atom. The molecular weight excluding hydrogens is 266 g/mol. The summed E-state index contributed by atoms with van der Waals surface area (Å²) in [7, 11) is 5.34. The summed E-state index contributed by atoms with van der Waals surface area (Å²) in [5.41, 5.74) is 7.06. The summed E-state index contributed by atoms with van der Waals surface area (Å²) in [6, 6.07) is 5.36. The third-order valence-electron chi connectivity index (χ3n) is 2.72. The first kappa shape index (κ1) is 15.8. The van der Waals surface area contributed by atoms with E-state index < -0.39 is 0 Å². The van der Waals surface area contributed by atoms with E-state index in [4.69, 9.17) is 22.1 Å². The van der Waals surface area contributed by atoms with Crippen LogP contribution < -0.4 is 16.0 Å². The molecule has 0 saturated carbocycles. The number of nitrogens with zero attached hydrogens (tertiary/aromatic N) is 1. The number of ether oxygens (including phenoxy) is 1. The van der Waals surface area contributed by atoms with E-state index in [1.54, 1.807) is 12.1 Å². The Labute approximate surface area is 118 Å². The predicted octanol–water partition coefficient (Wildman–Crippen LogP) is 1.71. The molecule has 106 valence electrons. The van der Waals surface area contributed by atoms with E-state index in [2.05, 4.69) is 5.32 Å². The van der Waals surface area contributed by atoms with Crippen LogP contribution >= 0.6 is 11.6 Å². The van der Waals surface area contributed by atoms with Crippen LogP contribution in [0.25, 0.3) is 0 Å². The number of halogens is 1. The minimum Gasteiger partial charge on any atom is -0.380 e. The van der Waals surface area contributed by atoms with Crippen LogP contribution in [0.15, 0.2) is 18.2 Å². The maximum absolute atomic E-state index is 11.9. The van der Waals surface area contributed by atoms with Crippen LogP contribution in [0.5, 0.6) is 0 Å². The first-order valence-electron chi connectivity index (χ1n) is 5.97. The van der Waals surface area contributed by atoms with Gasteiger partial charge in [0.2, 0.25) is 5.91 Å². The molecule has 0 heterocycles. The molecule has 1 rings (SSSR count). The van der Waals surface area contributed by atoms with Crippen molar-refractivity contribution in [3.05, 3.63) is 23.2 Å². The number of nitrogens with one attached hydrogen (secondary N) is 1. The Bertz CT molecular complexity index is 434. The van der Waals surface area contributed by atoms with Crippen molar-refractivity contribution in [3.63, 3.8) is 0 Å². The SMILES string of the molecule is COC(CN)CC(=O)Nc1cc(Cl)ccc1N(C)C. The number of benzene rings is 1. The number of anilines is 2. The van der Waals surface area contributed by atoms with E-state index >= 15 is 0 Å². The van der Waals surface area contributed by atoms with Crippen LogP contribution in [0.1, 0.15) is 6.42 Å². The average Bonchev–Trinajstić information content (AvgIpc) is 2.35.